The molecule has 5 heteroatoms. The maximum absolute atomic E-state index is 13.7. The molecule has 1 aliphatic rings. The van der Waals surface area contributed by atoms with E-state index in [1.807, 2.05) is 0 Å². The number of alkyl halides is 1. The average Bonchev–Trinajstić information content (AvgIpc) is 2.27. The van der Waals surface area contributed by atoms with Gasteiger partial charge in [-0.1, -0.05) is 6.92 Å². The van der Waals surface area contributed by atoms with Crippen LogP contribution < -0.4 is 5.32 Å². The molecule has 0 aliphatic carbocycles. The van der Waals surface area contributed by atoms with Gasteiger partial charge in [0.15, 0.2) is 0 Å². The van der Waals surface area contributed by atoms with Crippen LogP contribution in [0.3, 0.4) is 0 Å². The lowest BCUT2D eigenvalue weighted by molar-refractivity contribution is 0.183. The van der Waals surface area contributed by atoms with Crippen LogP contribution in [0.25, 0.3) is 0 Å². The molecule has 0 bridgehead atoms. The fourth-order valence-corrected chi connectivity index (χ4v) is 2.75. The number of halogens is 1. The lowest BCUT2D eigenvalue weighted by atomic mass is 9.92. The first-order valence-electron chi connectivity index (χ1n) is 5.60. The zero-order valence-electron chi connectivity index (χ0n) is 9.21. The van der Waals surface area contributed by atoms with E-state index in [1.165, 1.54) is 0 Å². The molecule has 1 heterocycles. The largest absolute Gasteiger partial charge is 0.317 e. The van der Waals surface area contributed by atoms with E-state index in [0.29, 0.717) is 0 Å². The summed E-state index contributed by atoms with van der Waals surface area (Å²) < 4.78 is 36.1. The molecule has 1 rings (SSSR count). The third-order valence-electron chi connectivity index (χ3n) is 3.04. The minimum Gasteiger partial charge on any atom is -0.317 e. The monoisotopic (exact) mass is 237 g/mol. The van der Waals surface area contributed by atoms with Gasteiger partial charge in [0.2, 0.25) is 0 Å². The number of hydrogen-bond donors (Lipinski definition) is 1. The molecular weight excluding hydrogens is 217 g/mol. The Morgan fingerprint density at radius 3 is 2.53 bits per heavy atom. The molecule has 0 aromatic carbocycles. The number of sulfone groups is 1. The van der Waals surface area contributed by atoms with E-state index in [0.717, 1.165) is 25.9 Å². The topological polar surface area (TPSA) is 46.2 Å². The second kappa shape index (κ2) is 5.80. The Labute approximate surface area is 91.4 Å². The summed E-state index contributed by atoms with van der Waals surface area (Å²) >= 11 is 0. The van der Waals surface area contributed by atoms with Gasteiger partial charge in [0.25, 0.3) is 0 Å². The summed E-state index contributed by atoms with van der Waals surface area (Å²) in [6.45, 7) is 3.31. The maximum Gasteiger partial charge on any atom is 0.150 e. The van der Waals surface area contributed by atoms with Crippen molar-refractivity contribution in [3.8, 4) is 0 Å². The molecule has 1 saturated heterocycles. The molecule has 1 N–H and O–H groups in total. The molecular formula is C10H20FNO2S. The van der Waals surface area contributed by atoms with E-state index >= 15 is 0 Å². The van der Waals surface area contributed by atoms with Crippen molar-refractivity contribution in [1.82, 2.24) is 5.32 Å². The fraction of sp³-hybridized carbons (Fsp3) is 1.00. The van der Waals surface area contributed by atoms with Crippen LogP contribution in [0.2, 0.25) is 0 Å². The number of nitrogens with one attached hydrogen (secondary N) is 1. The number of piperidine rings is 1. The lowest BCUT2D eigenvalue weighted by Crippen LogP contribution is -2.33. The summed E-state index contributed by atoms with van der Waals surface area (Å²) in [7, 11) is -3.01. The van der Waals surface area contributed by atoms with Gasteiger partial charge in [-0.05, 0) is 38.3 Å². The first-order valence-corrected chi connectivity index (χ1v) is 7.42. The first kappa shape index (κ1) is 12.9. The van der Waals surface area contributed by atoms with E-state index in [1.54, 1.807) is 6.92 Å². The molecule has 1 aliphatic heterocycles. The van der Waals surface area contributed by atoms with Gasteiger partial charge < -0.3 is 5.32 Å². The van der Waals surface area contributed by atoms with Crippen LogP contribution in [0.4, 0.5) is 4.39 Å². The van der Waals surface area contributed by atoms with Crippen LogP contribution in [-0.4, -0.2) is 39.2 Å². The van der Waals surface area contributed by atoms with E-state index in [4.69, 9.17) is 0 Å². The van der Waals surface area contributed by atoms with Crippen molar-refractivity contribution in [1.29, 1.82) is 0 Å². The van der Waals surface area contributed by atoms with Crippen LogP contribution in [0.5, 0.6) is 0 Å². The van der Waals surface area contributed by atoms with Gasteiger partial charge in [-0.25, -0.2) is 12.8 Å². The molecule has 3 nitrogen and oxygen atoms in total. The van der Waals surface area contributed by atoms with Crippen LogP contribution in [0.15, 0.2) is 0 Å². The summed E-state index contributed by atoms with van der Waals surface area (Å²) in [5, 5.41) is 3.17. The molecule has 0 spiro atoms. The van der Waals surface area contributed by atoms with Gasteiger partial charge in [0, 0.05) is 5.75 Å². The van der Waals surface area contributed by atoms with Crippen molar-refractivity contribution < 1.29 is 12.8 Å². The molecule has 0 saturated carbocycles. The van der Waals surface area contributed by atoms with Crippen LogP contribution in [0.1, 0.15) is 26.2 Å². The predicted molar refractivity (Wildman–Crippen MR) is 59.4 cm³/mol. The second-order valence-electron chi connectivity index (χ2n) is 4.13. The third-order valence-corrected chi connectivity index (χ3v) is 4.78. The highest BCUT2D eigenvalue weighted by atomic mass is 32.2. The van der Waals surface area contributed by atoms with Crippen LogP contribution in [-0.2, 0) is 9.84 Å². The highest BCUT2D eigenvalue weighted by Gasteiger charge is 2.24. The standard InChI is InChI=1S/C10H20FNO2S/c1-2-15(13,14)8-5-10(11)9-3-6-12-7-4-9/h9-10,12H,2-8H2,1H3. The van der Waals surface area contributed by atoms with E-state index in [9.17, 15) is 12.8 Å². The summed E-state index contributed by atoms with van der Waals surface area (Å²) in [6.07, 6.45) is 0.870. The summed E-state index contributed by atoms with van der Waals surface area (Å²) in [6, 6.07) is 0. The zero-order valence-corrected chi connectivity index (χ0v) is 10.0. The van der Waals surface area contributed by atoms with E-state index < -0.39 is 16.0 Å². The minimum atomic E-state index is -3.01. The summed E-state index contributed by atoms with van der Waals surface area (Å²) in [5.74, 6) is 0.166. The third kappa shape index (κ3) is 4.47. The summed E-state index contributed by atoms with van der Waals surface area (Å²) in [5.41, 5.74) is 0. The summed E-state index contributed by atoms with van der Waals surface area (Å²) in [4.78, 5) is 0. The fourth-order valence-electron chi connectivity index (χ4n) is 1.88. The molecule has 90 valence electrons. The Kier molecular flexibility index (Phi) is 4.99. The Morgan fingerprint density at radius 1 is 1.40 bits per heavy atom. The number of rotatable bonds is 5. The quantitative estimate of drug-likeness (QED) is 0.780. The molecule has 1 fully saturated rings. The van der Waals surface area contributed by atoms with Crippen molar-refractivity contribution in [2.24, 2.45) is 5.92 Å². The predicted octanol–water partition coefficient (Wildman–Crippen LogP) is 1.15. The van der Waals surface area contributed by atoms with Crippen molar-refractivity contribution in [2.45, 2.75) is 32.4 Å². The molecule has 0 radical (unpaired) electrons. The van der Waals surface area contributed by atoms with E-state index in [-0.39, 0.29) is 23.8 Å². The molecule has 1 atom stereocenters. The Balaban J connectivity index is 2.31. The molecule has 0 amide bonds. The van der Waals surface area contributed by atoms with Crippen molar-refractivity contribution >= 4 is 9.84 Å². The SMILES string of the molecule is CCS(=O)(=O)CCC(F)C1CCNCC1. The normalized spacial score (nSPS) is 21.5. The van der Waals surface area contributed by atoms with Gasteiger partial charge in [-0.3, -0.25) is 0 Å². The Bertz CT molecular complexity index is 273. The van der Waals surface area contributed by atoms with Crippen LogP contribution in [0, 0.1) is 5.92 Å². The first-order chi connectivity index (χ1) is 7.05. The van der Waals surface area contributed by atoms with Crippen LogP contribution >= 0.6 is 0 Å². The van der Waals surface area contributed by atoms with Gasteiger partial charge in [0.1, 0.15) is 16.0 Å². The van der Waals surface area contributed by atoms with Crippen molar-refractivity contribution in [3.63, 3.8) is 0 Å². The van der Waals surface area contributed by atoms with Gasteiger partial charge in [-0.15, -0.1) is 0 Å². The smallest absolute Gasteiger partial charge is 0.150 e. The maximum atomic E-state index is 13.7. The van der Waals surface area contributed by atoms with Gasteiger partial charge in [0.05, 0.1) is 5.75 Å². The minimum absolute atomic E-state index is 0.00536. The number of hydrogen-bond acceptors (Lipinski definition) is 3. The lowest BCUT2D eigenvalue weighted by Gasteiger charge is -2.25. The van der Waals surface area contributed by atoms with Crippen molar-refractivity contribution in [3.05, 3.63) is 0 Å². The molecule has 1 unspecified atom stereocenters. The van der Waals surface area contributed by atoms with Gasteiger partial charge >= 0.3 is 0 Å². The highest BCUT2D eigenvalue weighted by Crippen LogP contribution is 2.21. The highest BCUT2D eigenvalue weighted by molar-refractivity contribution is 7.91. The Morgan fingerprint density at radius 2 is 2.00 bits per heavy atom. The second-order valence-corrected chi connectivity index (χ2v) is 6.60. The van der Waals surface area contributed by atoms with Gasteiger partial charge in [-0.2, -0.15) is 0 Å². The van der Waals surface area contributed by atoms with Crippen molar-refractivity contribution in [2.75, 3.05) is 24.6 Å². The zero-order chi connectivity index (χ0) is 11.3. The Hall–Kier alpha value is -0.160. The molecule has 0 aromatic rings. The molecule has 0 aromatic heterocycles. The average molecular weight is 237 g/mol. The van der Waals surface area contributed by atoms with E-state index in [2.05, 4.69) is 5.32 Å². The molecule has 15 heavy (non-hydrogen) atoms.